The second-order valence-corrected chi connectivity index (χ2v) is 5.58. The number of benzene rings is 1. The molecule has 0 bridgehead atoms. The Balaban J connectivity index is 1.50. The highest BCUT2D eigenvalue weighted by molar-refractivity contribution is 6.04. The minimum atomic E-state index is -0.933. The van der Waals surface area contributed by atoms with Crippen LogP contribution in [-0.4, -0.2) is 27.3 Å². The van der Waals surface area contributed by atoms with E-state index in [1.165, 1.54) is 12.3 Å². The van der Waals surface area contributed by atoms with Crippen molar-refractivity contribution in [1.29, 1.82) is 0 Å². The molecule has 0 saturated carbocycles. The number of nitrogens with zero attached hydrogens (tertiary/aromatic N) is 4. The molecule has 0 atom stereocenters. The number of rotatable bonds is 7. The Morgan fingerprint density at radius 3 is 2.64 bits per heavy atom. The number of aryl methyl sites for hydroxylation is 1. The quantitative estimate of drug-likeness (QED) is 0.499. The average Bonchev–Trinajstić information content (AvgIpc) is 2.70. The highest BCUT2D eigenvalue weighted by Gasteiger charge is 2.17. The van der Waals surface area contributed by atoms with Crippen molar-refractivity contribution in [1.82, 2.24) is 15.2 Å². The molecule has 0 fully saturated rings. The van der Waals surface area contributed by atoms with E-state index < -0.39 is 23.1 Å². The van der Waals surface area contributed by atoms with Crippen LogP contribution in [0.2, 0.25) is 0 Å². The normalized spacial score (nSPS) is 10.8. The van der Waals surface area contributed by atoms with Gasteiger partial charge in [-0.15, -0.1) is 5.10 Å². The van der Waals surface area contributed by atoms with Crippen molar-refractivity contribution in [3.63, 3.8) is 0 Å². The Bertz CT molecular complexity index is 946. The summed E-state index contributed by atoms with van der Waals surface area (Å²) in [5.41, 5.74) is 0.244. The van der Waals surface area contributed by atoms with E-state index >= 15 is 0 Å². The third-order valence-electron chi connectivity index (χ3n) is 3.59. The van der Waals surface area contributed by atoms with Crippen molar-refractivity contribution in [3.05, 3.63) is 77.6 Å². The molecule has 1 aromatic carbocycles. The Kier molecular flexibility index (Phi) is 6.29. The fourth-order valence-corrected chi connectivity index (χ4v) is 2.25. The predicted octanol–water partition coefficient (Wildman–Crippen LogP) is 3.40. The summed E-state index contributed by atoms with van der Waals surface area (Å²) >= 11 is 0. The highest BCUT2D eigenvalue weighted by Crippen LogP contribution is 2.14. The van der Waals surface area contributed by atoms with Crippen LogP contribution in [0.5, 0.6) is 5.88 Å². The number of pyridine rings is 1. The van der Waals surface area contributed by atoms with Gasteiger partial charge in [-0.05, 0) is 42.7 Å². The van der Waals surface area contributed by atoms with Gasteiger partial charge in [-0.1, -0.05) is 17.3 Å². The molecule has 1 amide bonds. The second kappa shape index (κ2) is 9.26. The second-order valence-electron chi connectivity index (χ2n) is 5.58. The summed E-state index contributed by atoms with van der Waals surface area (Å²) in [5.74, 6) is -2.28. The Hall–Kier alpha value is -3.75. The van der Waals surface area contributed by atoms with Crippen LogP contribution in [0.1, 0.15) is 22.3 Å². The average molecular weight is 383 g/mol. The summed E-state index contributed by atoms with van der Waals surface area (Å²) in [6.07, 6.45) is 5.91. The largest absolute Gasteiger partial charge is 0.335 e. The first-order chi connectivity index (χ1) is 13.6. The molecule has 0 spiro atoms. The number of nitrogens with one attached hydrogen (secondary N) is 1. The number of aromatic nitrogens is 3. The van der Waals surface area contributed by atoms with Gasteiger partial charge < -0.3 is 10.2 Å². The Labute approximate surface area is 159 Å². The van der Waals surface area contributed by atoms with Crippen LogP contribution in [-0.2, 0) is 6.42 Å². The van der Waals surface area contributed by atoms with Crippen molar-refractivity contribution in [2.75, 3.05) is 5.32 Å². The van der Waals surface area contributed by atoms with Gasteiger partial charge in [0.2, 0.25) is 0 Å². The van der Waals surface area contributed by atoms with Crippen LogP contribution in [0.25, 0.3) is 0 Å². The first-order valence-electron chi connectivity index (χ1n) is 8.30. The molecule has 3 aromatic rings. The van der Waals surface area contributed by atoms with E-state index in [-0.39, 0.29) is 5.82 Å². The summed E-state index contributed by atoms with van der Waals surface area (Å²) < 4.78 is 27.3. The maximum Gasteiger partial charge on any atom is 0.267 e. The van der Waals surface area contributed by atoms with Crippen molar-refractivity contribution >= 4 is 17.9 Å². The van der Waals surface area contributed by atoms with Gasteiger partial charge in [0, 0.05) is 24.7 Å². The molecule has 0 aliphatic carbocycles. The third kappa shape index (κ3) is 5.13. The molecule has 0 unspecified atom stereocenters. The summed E-state index contributed by atoms with van der Waals surface area (Å²) in [5, 5.41) is 13.5. The molecule has 142 valence electrons. The molecule has 9 heteroatoms. The number of carbonyl (C=O) groups excluding carboxylic acids is 1. The number of hydrogen-bond acceptors (Lipinski definition) is 6. The topological polar surface area (TPSA) is 89.4 Å². The van der Waals surface area contributed by atoms with Crippen LogP contribution < -0.4 is 10.2 Å². The summed E-state index contributed by atoms with van der Waals surface area (Å²) in [4.78, 5) is 21.1. The number of amides is 1. The van der Waals surface area contributed by atoms with Crippen LogP contribution in [0.15, 0.2) is 60.0 Å². The molecule has 3 rings (SSSR count). The standard InChI is InChI=1S/C19H15F2N5O2/c20-14-5-1-6-15(21)18(14)19(27)25-16-9-8-13(12-22-16)4-2-11-24-28-17-7-3-10-23-26-17/h1,3,5-12H,2,4H2,(H,22,25,27)/b24-11+. The third-order valence-corrected chi connectivity index (χ3v) is 3.59. The van der Waals surface area contributed by atoms with Gasteiger partial charge in [-0.3, -0.25) is 4.79 Å². The molecule has 0 radical (unpaired) electrons. The van der Waals surface area contributed by atoms with Crippen molar-refractivity contribution in [2.24, 2.45) is 5.16 Å². The minimum Gasteiger partial charge on any atom is -0.335 e. The lowest BCUT2D eigenvalue weighted by Crippen LogP contribution is -2.16. The Morgan fingerprint density at radius 2 is 1.96 bits per heavy atom. The van der Waals surface area contributed by atoms with E-state index in [0.29, 0.717) is 18.7 Å². The first-order valence-corrected chi connectivity index (χ1v) is 8.30. The van der Waals surface area contributed by atoms with Gasteiger partial charge in [0.25, 0.3) is 11.8 Å². The zero-order valence-electron chi connectivity index (χ0n) is 14.5. The van der Waals surface area contributed by atoms with Crippen LogP contribution in [0.4, 0.5) is 14.6 Å². The van der Waals surface area contributed by atoms with E-state index in [1.807, 2.05) is 0 Å². The molecule has 0 saturated heterocycles. The smallest absolute Gasteiger partial charge is 0.267 e. The molecule has 2 heterocycles. The van der Waals surface area contributed by atoms with Gasteiger partial charge >= 0.3 is 0 Å². The lowest BCUT2D eigenvalue weighted by atomic mass is 10.1. The maximum absolute atomic E-state index is 13.6. The molecule has 0 aliphatic rings. The van der Waals surface area contributed by atoms with E-state index in [9.17, 15) is 13.6 Å². The Morgan fingerprint density at radius 1 is 1.14 bits per heavy atom. The maximum atomic E-state index is 13.6. The monoisotopic (exact) mass is 383 g/mol. The van der Waals surface area contributed by atoms with Gasteiger partial charge in [-0.2, -0.15) is 5.10 Å². The van der Waals surface area contributed by atoms with Gasteiger partial charge in [0.1, 0.15) is 23.0 Å². The van der Waals surface area contributed by atoms with Gasteiger partial charge in [-0.25, -0.2) is 13.8 Å². The predicted molar refractivity (Wildman–Crippen MR) is 98.0 cm³/mol. The summed E-state index contributed by atoms with van der Waals surface area (Å²) in [6.45, 7) is 0. The molecule has 2 aromatic heterocycles. The van der Waals surface area contributed by atoms with Crippen molar-refractivity contribution < 1.29 is 18.4 Å². The van der Waals surface area contributed by atoms with E-state index in [0.717, 1.165) is 17.7 Å². The number of anilines is 1. The number of oxime groups is 1. The number of carbonyl (C=O) groups is 1. The van der Waals surface area contributed by atoms with Gasteiger partial charge in [0.05, 0.1) is 0 Å². The summed E-state index contributed by atoms with van der Waals surface area (Å²) in [6, 6.07) is 9.85. The molecular formula is C19H15F2N5O2. The fourth-order valence-electron chi connectivity index (χ4n) is 2.25. The van der Waals surface area contributed by atoms with Crippen molar-refractivity contribution in [3.8, 4) is 5.88 Å². The molecule has 1 N–H and O–H groups in total. The number of halogens is 2. The van der Waals surface area contributed by atoms with Crippen LogP contribution in [0, 0.1) is 11.6 Å². The first kappa shape index (κ1) is 19.0. The molecular weight excluding hydrogens is 368 g/mol. The van der Waals surface area contributed by atoms with E-state index in [4.69, 9.17) is 4.84 Å². The van der Waals surface area contributed by atoms with Crippen LogP contribution >= 0.6 is 0 Å². The van der Waals surface area contributed by atoms with E-state index in [2.05, 4.69) is 25.7 Å². The zero-order valence-corrected chi connectivity index (χ0v) is 14.5. The lowest BCUT2D eigenvalue weighted by Gasteiger charge is -2.07. The summed E-state index contributed by atoms with van der Waals surface area (Å²) in [7, 11) is 0. The highest BCUT2D eigenvalue weighted by atomic mass is 19.1. The molecule has 0 aliphatic heterocycles. The zero-order chi connectivity index (χ0) is 19.8. The lowest BCUT2D eigenvalue weighted by molar-refractivity contribution is 0.101. The van der Waals surface area contributed by atoms with Crippen molar-refractivity contribution in [2.45, 2.75) is 12.8 Å². The molecule has 7 nitrogen and oxygen atoms in total. The van der Waals surface area contributed by atoms with Crippen LogP contribution in [0.3, 0.4) is 0 Å². The molecule has 28 heavy (non-hydrogen) atoms. The minimum absolute atomic E-state index is 0.191. The fraction of sp³-hybridized carbons (Fsp3) is 0.105. The van der Waals surface area contributed by atoms with Gasteiger partial charge in [0.15, 0.2) is 0 Å². The number of hydrogen-bond donors (Lipinski definition) is 1. The van der Waals surface area contributed by atoms with E-state index in [1.54, 1.807) is 36.7 Å². The SMILES string of the molecule is O=C(Nc1ccc(CC/C=N/Oc2cccnn2)cn1)c1c(F)cccc1F.